The molecule has 2 aliphatic rings. The summed E-state index contributed by atoms with van der Waals surface area (Å²) in [5, 5.41) is 2.92. The van der Waals surface area contributed by atoms with Gasteiger partial charge in [-0.25, -0.2) is 13.4 Å². The highest BCUT2D eigenvalue weighted by Gasteiger charge is 2.35. The summed E-state index contributed by atoms with van der Waals surface area (Å²) < 4.78 is 26.8. The Morgan fingerprint density at radius 3 is 2.40 bits per heavy atom. The summed E-state index contributed by atoms with van der Waals surface area (Å²) in [6.07, 6.45) is 3.80. The maximum absolute atomic E-state index is 12.5. The van der Waals surface area contributed by atoms with Crippen LogP contribution >= 0.6 is 11.3 Å². The van der Waals surface area contributed by atoms with Crippen molar-refractivity contribution in [1.29, 1.82) is 0 Å². The molecule has 1 saturated carbocycles. The van der Waals surface area contributed by atoms with E-state index < -0.39 is 10.0 Å². The monoisotopic (exact) mass is 315 g/mol. The Hall–Kier alpha value is -0.660. The van der Waals surface area contributed by atoms with E-state index in [9.17, 15) is 8.42 Å². The van der Waals surface area contributed by atoms with Gasteiger partial charge in [0.25, 0.3) is 0 Å². The van der Waals surface area contributed by atoms with Crippen LogP contribution in [0.25, 0.3) is 0 Å². The average molecular weight is 315 g/mol. The smallest absolute Gasteiger partial charge is 0.217 e. The first kappa shape index (κ1) is 14.3. The average Bonchev–Trinajstić information content (AvgIpc) is 3.10. The van der Waals surface area contributed by atoms with Crippen molar-refractivity contribution in [1.82, 2.24) is 9.29 Å². The number of thiazole rings is 1. The van der Waals surface area contributed by atoms with Crippen LogP contribution in [-0.4, -0.2) is 49.1 Å². The van der Waals surface area contributed by atoms with E-state index in [2.05, 4.69) is 9.88 Å². The van der Waals surface area contributed by atoms with Crippen molar-refractivity contribution in [3.05, 3.63) is 11.1 Å². The van der Waals surface area contributed by atoms with Gasteiger partial charge in [0, 0.05) is 31.6 Å². The number of piperazine rings is 1. The zero-order valence-corrected chi connectivity index (χ0v) is 13.4. The van der Waals surface area contributed by atoms with Crippen LogP contribution in [0.1, 0.15) is 31.4 Å². The molecular formula is C13H21N3O2S2. The minimum Gasteiger partial charge on any atom is -0.345 e. The molecule has 0 bridgehead atoms. The quantitative estimate of drug-likeness (QED) is 0.854. The van der Waals surface area contributed by atoms with E-state index in [1.54, 1.807) is 15.6 Å². The van der Waals surface area contributed by atoms with E-state index in [4.69, 9.17) is 0 Å². The molecule has 1 aromatic rings. The zero-order chi connectivity index (χ0) is 14.2. The fourth-order valence-corrected chi connectivity index (χ4v) is 5.90. The summed E-state index contributed by atoms with van der Waals surface area (Å²) in [4.78, 5) is 6.67. The van der Waals surface area contributed by atoms with Gasteiger partial charge in [-0.3, -0.25) is 0 Å². The van der Waals surface area contributed by atoms with Gasteiger partial charge in [0.2, 0.25) is 10.0 Å². The van der Waals surface area contributed by atoms with Gasteiger partial charge in [0.05, 0.1) is 10.9 Å². The fraction of sp³-hybridized carbons (Fsp3) is 0.769. The molecule has 7 heteroatoms. The summed E-state index contributed by atoms with van der Waals surface area (Å²) in [6.45, 7) is 4.67. The van der Waals surface area contributed by atoms with Gasteiger partial charge in [-0.15, -0.1) is 11.3 Å². The maximum Gasteiger partial charge on any atom is 0.217 e. The maximum atomic E-state index is 12.5. The number of nitrogens with zero attached hydrogens (tertiary/aromatic N) is 3. The van der Waals surface area contributed by atoms with Crippen molar-refractivity contribution in [2.75, 3.05) is 31.1 Å². The minimum atomic E-state index is -3.07. The molecule has 0 spiro atoms. The molecule has 112 valence electrons. The number of hydrogen-bond acceptors (Lipinski definition) is 5. The third kappa shape index (κ3) is 2.71. The molecule has 0 unspecified atom stereocenters. The third-order valence-corrected chi connectivity index (χ3v) is 7.62. The van der Waals surface area contributed by atoms with Gasteiger partial charge >= 0.3 is 0 Å². The molecule has 1 aromatic heterocycles. The molecule has 2 fully saturated rings. The van der Waals surface area contributed by atoms with E-state index in [1.165, 1.54) is 0 Å². The Morgan fingerprint density at radius 1 is 1.20 bits per heavy atom. The molecule has 0 atom stereocenters. The van der Waals surface area contributed by atoms with Crippen molar-refractivity contribution in [3.63, 3.8) is 0 Å². The number of aromatic nitrogens is 1. The normalized spacial score (nSPS) is 22.6. The zero-order valence-electron chi connectivity index (χ0n) is 11.8. The van der Waals surface area contributed by atoms with Crippen LogP contribution in [0.3, 0.4) is 0 Å². The van der Waals surface area contributed by atoms with Crippen molar-refractivity contribution in [3.8, 4) is 0 Å². The van der Waals surface area contributed by atoms with Gasteiger partial charge < -0.3 is 4.90 Å². The molecule has 0 N–H and O–H groups in total. The molecule has 3 rings (SSSR count). The highest BCUT2D eigenvalue weighted by atomic mass is 32.2. The van der Waals surface area contributed by atoms with E-state index >= 15 is 0 Å². The van der Waals surface area contributed by atoms with Crippen molar-refractivity contribution in [2.24, 2.45) is 0 Å². The Balaban J connectivity index is 1.63. The lowest BCUT2D eigenvalue weighted by atomic mass is 10.4. The summed E-state index contributed by atoms with van der Waals surface area (Å²) in [5.41, 5.74) is 1.03. The minimum absolute atomic E-state index is 0.129. The molecule has 20 heavy (non-hydrogen) atoms. The summed E-state index contributed by atoms with van der Waals surface area (Å²) in [5.74, 6) is 0. The van der Waals surface area contributed by atoms with E-state index in [0.29, 0.717) is 13.1 Å². The lowest BCUT2D eigenvalue weighted by Crippen LogP contribution is -2.50. The van der Waals surface area contributed by atoms with Gasteiger partial charge in [-0.2, -0.15) is 4.31 Å². The summed E-state index contributed by atoms with van der Waals surface area (Å²) in [6, 6.07) is 0. The SMILES string of the molecule is Cc1csc(N2CCN(S(=O)(=O)C3CCCC3)CC2)n1. The van der Waals surface area contributed by atoms with Crippen LogP contribution in [0.2, 0.25) is 0 Å². The van der Waals surface area contributed by atoms with Crippen molar-refractivity contribution < 1.29 is 8.42 Å². The van der Waals surface area contributed by atoms with Crippen LogP contribution in [0.15, 0.2) is 5.38 Å². The first-order valence-electron chi connectivity index (χ1n) is 7.23. The molecule has 1 aliphatic carbocycles. The van der Waals surface area contributed by atoms with Crippen LogP contribution in [0.4, 0.5) is 5.13 Å². The van der Waals surface area contributed by atoms with E-state index in [1.807, 2.05) is 12.3 Å². The highest BCUT2D eigenvalue weighted by molar-refractivity contribution is 7.89. The standard InChI is InChI=1S/C13H21N3O2S2/c1-11-10-19-13(14-11)15-6-8-16(9-7-15)20(17,18)12-4-2-3-5-12/h10,12H,2-9H2,1H3. The Labute approximate surface area is 124 Å². The van der Waals surface area contributed by atoms with Gasteiger partial charge in [0.1, 0.15) is 0 Å². The molecule has 0 radical (unpaired) electrons. The van der Waals surface area contributed by atoms with E-state index in [-0.39, 0.29) is 5.25 Å². The van der Waals surface area contributed by atoms with Crippen molar-refractivity contribution >= 4 is 26.5 Å². The van der Waals surface area contributed by atoms with Crippen LogP contribution < -0.4 is 4.90 Å². The predicted octanol–water partition coefficient (Wildman–Crippen LogP) is 1.85. The molecular weight excluding hydrogens is 294 g/mol. The fourth-order valence-electron chi connectivity index (χ4n) is 3.02. The Morgan fingerprint density at radius 2 is 1.85 bits per heavy atom. The largest absolute Gasteiger partial charge is 0.345 e. The van der Waals surface area contributed by atoms with Crippen LogP contribution in [0, 0.1) is 6.92 Å². The second-order valence-electron chi connectivity index (χ2n) is 5.61. The Kier molecular flexibility index (Phi) is 4.01. The lowest BCUT2D eigenvalue weighted by Gasteiger charge is -2.35. The summed E-state index contributed by atoms with van der Waals surface area (Å²) >= 11 is 1.64. The highest BCUT2D eigenvalue weighted by Crippen LogP contribution is 2.28. The molecule has 1 aliphatic heterocycles. The molecule has 1 saturated heterocycles. The second kappa shape index (κ2) is 5.61. The van der Waals surface area contributed by atoms with Crippen LogP contribution in [-0.2, 0) is 10.0 Å². The second-order valence-corrected chi connectivity index (χ2v) is 8.66. The van der Waals surface area contributed by atoms with Crippen LogP contribution in [0.5, 0.6) is 0 Å². The number of hydrogen-bond donors (Lipinski definition) is 0. The predicted molar refractivity (Wildman–Crippen MR) is 81.8 cm³/mol. The first-order chi connectivity index (χ1) is 9.57. The van der Waals surface area contributed by atoms with Crippen molar-refractivity contribution in [2.45, 2.75) is 37.9 Å². The lowest BCUT2D eigenvalue weighted by molar-refractivity contribution is 0.378. The third-order valence-electron chi connectivity index (χ3n) is 4.20. The molecule has 0 aromatic carbocycles. The summed E-state index contributed by atoms with van der Waals surface area (Å²) in [7, 11) is -3.07. The molecule has 5 nitrogen and oxygen atoms in total. The number of sulfonamides is 1. The van der Waals surface area contributed by atoms with Gasteiger partial charge in [0.15, 0.2) is 5.13 Å². The van der Waals surface area contributed by atoms with E-state index in [0.717, 1.165) is 49.6 Å². The topological polar surface area (TPSA) is 53.5 Å². The number of anilines is 1. The number of aryl methyl sites for hydroxylation is 1. The number of rotatable bonds is 3. The van der Waals surface area contributed by atoms with Gasteiger partial charge in [-0.05, 0) is 19.8 Å². The molecule has 2 heterocycles. The van der Waals surface area contributed by atoms with Gasteiger partial charge in [-0.1, -0.05) is 12.8 Å². The molecule has 0 amide bonds. The first-order valence-corrected chi connectivity index (χ1v) is 9.62. The Bertz CT molecular complexity index is 556.